The highest BCUT2D eigenvalue weighted by Gasteiger charge is 2.15. The predicted octanol–water partition coefficient (Wildman–Crippen LogP) is 4.26. The number of halogens is 2. The van der Waals surface area contributed by atoms with Gasteiger partial charge < -0.3 is 14.6 Å². The van der Waals surface area contributed by atoms with E-state index in [0.29, 0.717) is 28.1 Å². The van der Waals surface area contributed by atoms with Gasteiger partial charge in [0.2, 0.25) is 0 Å². The van der Waals surface area contributed by atoms with Crippen LogP contribution in [0.1, 0.15) is 22.8 Å². The lowest BCUT2D eigenvalue weighted by atomic mass is 10.2. The summed E-state index contributed by atoms with van der Waals surface area (Å²) in [6.45, 7) is 2.30. The molecule has 0 aliphatic heterocycles. The standard InChI is InChI=1S/C16H14BrFO4/c1-2-21-14-8-11(16(19)20)7-13(17)15(14)22-9-10-4-3-5-12(18)6-10/h3-8H,2,9H2,1H3,(H,19,20). The molecule has 2 aromatic rings. The van der Waals surface area contributed by atoms with Gasteiger partial charge in [-0.15, -0.1) is 0 Å². The van der Waals surface area contributed by atoms with Gasteiger partial charge in [-0.2, -0.15) is 0 Å². The summed E-state index contributed by atoms with van der Waals surface area (Å²) in [6.07, 6.45) is 0. The lowest BCUT2D eigenvalue weighted by molar-refractivity contribution is 0.0696. The molecule has 0 aliphatic rings. The molecule has 0 heterocycles. The first kappa shape index (κ1) is 16.3. The van der Waals surface area contributed by atoms with Crippen molar-refractivity contribution >= 4 is 21.9 Å². The quantitative estimate of drug-likeness (QED) is 0.827. The van der Waals surface area contributed by atoms with Gasteiger partial charge in [-0.25, -0.2) is 9.18 Å². The fraction of sp³-hybridized carbons (Fsp3) is 0.188. The van der Waals surface area contributed by atoms with Gasteiger partial charge in [0, 0.05) is 0 Å². The summed E-state index contributed by atoms with van der Waals surface area (Å²) in [6, 6.07) is 8.90. The van der Waals surface area contributed by atoms with E-state index in [-0.39, 0.29) is 18.0 Å². The number of carboxylic acids is 1. The van der Waals surface area contributed by atoms with Gasteiger partial charge in [0.15, 0.2) is 11.5 Å². The Kier molecular flexibility index (Phi) is 5.38. The molecule has 22 heavy (non-hydrogen) atoms. The Morgan fingerprint density at radius 3 is 2.68 bits per heavy atom. The van der Waals surface area contributed by atoms with Crippen LogP contribution in [0.2, 0.25) is 0 Å². The molecule has 6 heteroatoms. The highest BCUT2D eigenvalue weighted by Crippen LogP contribution is 2.37. The minimum Gasteiger partial charge on any atom is -0.490 e. The summed E-state index contributed by atoms with van der Waals surface area (Å²) in [5.74, 6) is -0.688. The number of carboxylic acid groups (broad SMARTS) is 1. The van der Waals surface area contributed by atoms with Crippen LogP contribution in [0.4, 0.5) is 4.39 Å². The molecule has 0 spiro atoms. The normalized spacial score (nSPS) is 10.3. The van der Waals surface area contributed by atoms with Crippen LogP contribution in [-0.4, -0.2) is 17.7 Å². The zero-order chi connectivity index (χ0) is 16.1. The third-order valence-electron chi connectivity index (χ3n) is 2.83. The average molecular weight is 369 g/mol. The molecule has 4 nitrogen and oxygen atoms in total. The van der Waals surface area contributed by atoms with E-state index in [4.69, 9.17) is 14.6 Å². The summed E-state index contributed by atoms with van der Waals surface area (Å²) < 4.78 is 24.7. The van der Waals surface area contributed by atoms with Crippen molar-refractivity contribution in [1.82, 2.24) is 0 Å². The van der Waals surface area contributed by atoms with Crippen LogP contribution in [-0.2, 0) is 6.61 Å². The molecular weight excluding hydrogens is 355 g/mol. The van der Waals surface area contributed by atoms with E-state index in [0.717, 1.165) is 0 Å². The smallest absolute Gasteiger partial charge is 0.335 e. The number of aromatic carboxylic acids is 1. The van der Waals surface area contributed by atoms with E-state index >= 15 is 0 Å². The first-order chi connectivity index (χ1) is 10.5. The maximum Gasteiger partial charge on any atom is 0.335 e. The topological polar surface area (TPSA) is 55.8 Å². The Morgan fingerprint density at radius 2 is 2.05 bits per heavy atom. The summed E-state index contributed by atoms with van der Waals surface area (Å²) in [5, 5.41) is 9.07. The van der Waals surface area contributed by atoms with Gasteiger partial charge in [-0.3, -0.25) is 0 Å². The van der Waals surface area contributed by atoms with Gasteiger partial charge in [0.1, 0.15) is 12.4 Å². The van der Waals surface area contributed by atoms with Crippen LogP contribution in [0.5, 0.6) is 11.5 Å². The highest BCUT2D eigenvalue weighted by atomic mass is 79.9. The molecule has 2 aromatic carbocycles. The first-order valence-electron chi connectivity index (χ1n) is 6.58. The van der Waals surface area contributed by atoms with Crippen molar-refractivity contribution in [1.29, 1.82) is 0 Å². The second-order valence-electron chi connectivity index (χ2n) is 4.44. The van der Waals surface area contributed by atoms with Crippen LogP contribution in [0.3, 0.4) is 0 Å². The largest absolute Gasteiger partial charge is 0.490 e. The monoisotopic (exact) mass is 368 g/mol. The Bertz CT molecular complexity index is 688. The van der Waals surface area contributed by atoms with E-state index in [1.165, 1.54) is 24.3 Å². The predicted molar refractivity (Wildman–Crippen MR) is 83.0 cm³/mol. The lowest BCUT2D eigenvalue weighted by Crippen LogP contribution is -2.04. The zero-order valence-corrected chi connectivity index (χ0v) is 13.4. The molecule has 0 saturated carbocycles. The number of hydrogen-bond donors (Lipinski definition) is 1. The van der Waals surface area contributed by atoms with Crippen molar-refractivity contribution in [3.05, 3.63) is 57.8 Å². The summed E-state index contributed by atoms with van der Waals surface area (Å²) in [4.78, 5) is 11.1. The van der Waals surface area contributed by atoms with E-state index in [1.807, 2.05) is 0 Å². The van der Waals surface area contributed by atoms with Gasteiger partial charge in [0.05, 0.1) is 16.6 Å². The van der Waals surface area contributed by atoms with E-state index in [1.54, 1.807) is 19.1 Å². The molecule has 0 bridgehead atoms. The fourth-order valence-electron chi connectivity index (χ4n) is 1.88. The highest BCUT2D eigenvalue weighted by molar-refractivity contribution is 9.10. The third-order valence-corrected chi connectivity index (χ3v) is 3.42. The van der Waals surface area contributed by atoms with Crippen LogP contribution in [0, 0.1) is 5.82 Å². The Hall–Kier alpha value is -2.08. The minimum atomic E-state index is -1.06. The molecule has 0 saturated heterocycles. The van der Waals surface area contributed by atoms with E-state index in [2.05, 4.69) is 15.9 Å². The SMILES string of the molecule is CCOc1cc(C(=O)O)cc(Br)c1OCc1cccc(F)c1. The van der Waals surface area contributed by atoms with Gasteiger partial charge in [0.25, 0.3) is 0 Å². The minimum absolute atomic E-state index is 0.0911. The van der Waals surface area contributed by atoms with Crippen molar-refractivity contribution < 1.29 is 23.8 Å². The van der Waals surface area contributed by atoms with Crippen molar-refractivity contribution in [2.24, 2.45) is 0 Å². The molecular formula is C16H14BrFO4. The molecule has 0 amide bonds. The lowest BCUT2D eigenvalue weighted by Gasteiger charge is -2.14. The third kappa shape index (κ3) is 3.98. The van der Waals surface area contributed by atoms with Crippen molar-refractivity contribution in [3.63, 3.8) is 0 Å². The summed E-state index contributed by atoms with van der Waals surface area (Å²) in [7, 11) is 0. The van der Waals surface area contributed by atoms with Crippen molar-refractivity contribution in [2.45, 2.75) is 13.5 Å². The van der Waals surface area contributed by atoms with Crippen LogP contribution in [0.15, 0.2) is 40.9 Å². The summed E-state index contributed by atoms with van der Waals surface area (Å²) in [5.41, 5.74) is 0.755. The number of rotatable bonds is 6. The first-order valence-corrected chi connectivity index (χ1v) is 7.37. The second-order valence-corrected chi connectivity index (χ2v) is 5.30. The fourth-order valence-corrected chi connectivity index (χ4v) is 2.43. The Balaban J connectivity index is 2.27. The zero-order valence-electron chi connectivity index (χ0n) is 11.8. The maximum atomic E-state index is 13.2. The number of ether oxygens (including phenoxy) is 2. The molecule has 1 N–H and O–H groups in total. The average Bonchev–Trinajstić information content (AvgIpc) is 2.46. The second kappa shape index (κ2) is 7.26. The number of benzene rings is 2. The molecule has 0 radical (unpaired) electrons. The molecule has 0 atom stereocenters. The van der Waals surface area contributed by atoms with Crippen LogP contribution < -0.4 is 9.47 Å². The number of hydrogen-bond acceptors (Lipinski definition) is 3. The number of carbonyl (C=O) groups is 1. The van der Waals surface area contributed by atoms with Gasteiger partial charge >= 0.3 is 5.97 Å². The molecule has 0 unspecified atom stereocenters. The maximum absolute atomic E-state index is 13.2. The van der Waals surface area contributed by atoms with E-state index in [9.17, 15) is 9.18 Å². The van der Waals surface area contributed by atoms with Crippen molar-refractivity contribution in [2.75, 3.05) is 6.61 Å². The van der Waals surface area contributed by atoms with Crippen molar-refractivity contribution in [3.8, 4) is 11.5 Å². The molecule has 0 aromatic heterocycles. The van der Waals surface area contributed by atoms with Crippen LogP contribution in [0.25, 0.3) is 0 Å². The van der Waals surface area contributed by atoms with Gasteiger partial charge in [-0.05, 0) is 52.7 Å². The molecule has 116 valence electrons. The van der Waals surface area contributed by atoms with E-state index < -0.39 is 5.97 Å². The van der Waals surface area contributed by atoms with Gasteiger partial charge in [-0.1, -0.05) is 12.1 Å². The Morgan fingerprint density at radius 1 is 1.27 bits per heavy atom. The molecule has 0 fully saturated rings. The Labute approximate surface area is 135 Å². The molecule has 0 aliphatic carbocycles. The summed E-state index contributed by atoms with van der Waals surface area (Å²) >= 11 is 3.28. The molecule has 2 rings (SSSR count). The van der Waals surface area contributed by atoms with Crippen LogP contribution >= 0.6 is 15.9 Å².